The van der Waals surface area contributed by atoms with Gasteiger partial charge in [0.2, 0.25) is 0 Å². The van der Waals surface area contributed by atoms with Crippen molar-refractivity contribution in [1.82, 2.24) is 24.4 Å². The lowest BCUT2D eigenvalue weighted by Gasteiger charge is -2.27. The zero-order chi connectivity index (χ0) is 29.8. The normalized spacial score (nSPS) is 14.7. The third-order valence-corrected chi connectivity index (χ3v) is 8.60. The standard InChI is InChI=1S/C35H41N7O.ClH/c1-26-12-10-17-31(27(26)2)41-20-11-19-40(22-23-41)21-18-30(43)24-39(3)34-32-35(37-25-36-34)42(29-15-8-5-9-16-29)33(38-32)28-13-6-4-7-14-28;/h4-10,12-17,25,30,43H,11,18-24H2,1-3H3;1H. The number of benzene rings is 3. The molecule has 1 unspecified atom stereocenters. The molecule has 3 aromatic carbocycles. The smallest absolute Gasteiger partial charge is 0.170 e. The van der Waals surface area contributed by atoms with Crippen LogP contribution in [-0.2, 0) is 0 Å². The van der Waals surface area contributed by atoms with Crippen LogP contribution in [0, 0.1) is 13.8 Å². The summed E-state index contributed by atoms with van der Waals surface area (Å²) in [6.45, 7) is 9.87. The lowest BCUT2D eigenvalue weighted by atomic mass is 10.1. The summed E-state index contributed by atoms with van der Waals surface area (Å²) in [5, 5.41) is 11.1. The number of halogens is 1. The first-order chi connectivity index (χ1) is 21.0. The monoisotopic (exact) mass is 611 g/mol. The van der Waals surface area contributed by atoms with Gasteiger partial charge in [0.05, 0.1) is 6.10 Å². The zero-order valence-corrected chi connectivity index (χ0v) is 26.6. The van der Waals surface area contributed by atoms with Gasteiger partial charge in [0, 0.05) is 56.7 Å². The summed E-state index contributed by atoms with van der Waals surface area (Å²) in [7, 11) is 1.97. The first-order valence-electron chi connectivity index (χ1n) is 15.3. The molecule has 0 radical (unpaired) electrons. The van der Waals surface area contributed by atoms with Crippen LogP contribution in [0.5, 0.6) is 0 Å². The maximum atomic E-state index is 11.1. The van der Waals surface area contributed by atoms with Crippen molar-refractivity contribution in [3.05, 3.63) is 96.3 Å². The number of aryl methyl sites for hydroxylation is 1. The van der Waals surface area contributed by atoms with Crippen molar-refractivity contribution in [3.63, 3.8) is 0 Å². The predicted octanol–water partition coefficient (Wildman–Crippen LogP) is 5.92. The summed E-state index contributed by atoms with van der Waals surface area (Å²) in [5.41, 5.74) is 7.53. The summed E-state index contributed by atoms with van der Waals surface area (Å²) in [6.07, 6.45) is 2.93. The molecule has 44 heavy (non-hydrogen) atoms. The minimum absolute atomic E-state index is 0. The average molecular weight is 612 g/mol. The quantitative estimate of drug-likeness (QED) is 0.222. The van der Waals surface area contributed by atoms with Crippen LogP contribution < -0.4 is 9.80 Å². The van der Waals surface area contributed by atoms with E-state index in [2.05, 4.69) is 80.6 Å². The molecule has 230 valence electrons. The first kappa shape index (κ1) is 31.4. The number of aromatic nitrogens is 4. The second-order valence-corrected chi connectivity index (χ2v) is 11.6. The van der Waals surface area contributed by atoms with Crippen LogP contribution in [0.15, 0.2) is 85.2 Å². The van der Waals surface area contributed by atoms with E-state index in [-0.39, 0.29) is 12.4 Å². The van der Waals surface area contributed by atoms with Gasteiger partial charge in [-0.25, -0.2) is 15.0 Å². The van der Waals surface area contributed by atoms with Crippen molar-refractivity contribution < 1.29 is 5.11 Å². The Morgan fingerprint density at radius 2 is 1.61 bits per heavy atom. The molecule has 1 aliphatic heterocycles. The zero-order valence-electron chi connectivity index (χ0n) is 25.8. The maximum Gasteiger partial charge on any atom is 0.170 e. The highest BCUT2D eigenvalue weighted by atomic mass is 35.5. The summed E-state index contributed by atoms with van der Waals surface area (Å²) in [5.74, 6) is 1.53. The van der Waals surface area contributed by atoms with Crippen molar-refractivity contribution >= 4 is 35.1 Å². The van der Waals surface area contributed by atoms with E-state index >= 15 is 0 Å². The Kier molecular flexibility index (Phi) is 10.1. The molecule has 1 atom stereocenters. The molecule has 9 heteroatoms. The van der Waals surface area contributed by atoms with Crippen molar-refractivity contribution in [1.29, 1.82) is 0 Å². The molecule has 8 nitrogen and oxygen atoms in total. The van der Waals surface area contributed by atoms with Gasteiger partial charge in [-0.15, -0.1) is 12.4 Å². The number of imidazole rings is 1. The number of hydrogen-bond acceptors (Lipinski definition) is 7. The predicted molar refractivity (Wildman–Crippen MR) is 182 cm³/mol. The lowest BCUT2D eigenvalue weighted by Crippen LogP contribution is -2.35. The van der Waals surface area contributed by atoms with Gasteiger partial charge in [0.25, 0.3) is 0 Å². The highest BCUT2D eigenvalue weighted by molar-refractivity contribution is 5.88. The van der Waals surface area contributed by atoms with Crippen LogP contribution >= 0.6 is 12.4 Å². The average Bonchev–Trinajstić information content (AvgIpc) is 3.27. The molecule has 1 N–H and O–H groups in total. The molecular formula is C35H42ClN7O. The van der Waals surface area contributed by atoms with Gasteiger partial charge in [-0.1, -0.05) is 60.7 Å². The third kappa shape index (κ3) is 6.73. The molecule has 1 saturated heterocycles. The topological polar surface area (TPSA) is 73.6 Å². The van der Waals surface area contributed by atoms with Crippen molar-refractivity contribution in [2.45, 2.75) is 32.8 Å². The minimum atomic E-state index is -0.488. The Labute approximate surface area is 266 Å². The van der Waals surface area contributed by atoms with Crippen LogP contribution in [0.2, 0.25) is 0 Å². The van der Waals surface area contributed by atoms with Crippen LogP contribution in [-0.4, -0.2) is 81.9 Å². The molecule has 6 rings (SSSR count). The van der Waals surface area contributed by atoms with E-state index in [0.29, 0.717) is 13.0 Å². The molecule has 5 aromatic rings. The molecule has 0 bridgehead atoms. The fourth-order valence-corrected chi connectivity index (χ4v) is 6.10. The largest absolute Gasteiger partial charge is 0.391 e. The Balaban J connectivity index is 0.00000384. The van der Waals surface area contributed by atoms with Crippen LogP contribution in [0.3, 0.4) is 0 Å². The Hall–Kier alpha value is -3.98. The number of para-hydroxylation sites is 1. The van der Waals surface area contributed by atoms with Crippen LogP contribution in [0.4, 0.5) is 11.5 Å². The van der Waals surface area contributed by atoms with E-state index in [1.165, 1.54) is 16.8 Å². The number of likely N-dealkylation sites (N-methyl/N-ethyl adjacent to an activating group) is 1. The summed E-state index contributed by atoms with van der Waals surface area (Å²) in [6, 6.07) is 26.9. The maximum absolute atomic E-state index is 11.1. The number of hydrogen-bond donors (Lipinski definition) is 1. The molecule has 0 spiro atoms. The fourth-order valence-electron chi connectivity index (χ4n) is 6.10. The number of nitrogens with zero attached hydrogens (tertiary/aromatic N) is 7. The summed E-state index contributed by atoms with van der Waals surface area (Å²) < 4.78 is 2.08. The second kappa shape index (κ2) is 14.2. The molecule has 0 amide bonds. The molecule has 0 saturated carbocycles. The second-order valence-electron chi connectivity index (χ2n) is 11.6. The minimum Gasteiger partial charge on any atom is -0.391 e. The number of aliphatic hydroxyl groups is 1. The SMILES string of the molecule is Cc1cccc(N2CCCN(CCC(O)CN(C)c3ncnc4c3nc(-c3ccccc3)n4-c3ccccc3)CC2)c1C.Cl. The molecule has 1 aliphatic rings. The van der Waals surface area contributed by atoms with Gasteiger partial charge < -0.3 is 19.8 Å². The van der Waals surface area contributed by atoms with Gasteiger partial charge in [-0.3, -0.25) is 4.57 Å². The van der Waals surface area contributed by atoms with Gasteiger partial charge in [-0.2, -0.15) is 0 Å². The van der Waals surface area contributed by atoms with E-state index in [1.54, 1.807) is 6.33 Å². The lowest BCUT2D eigenvalue weighted by molar-refractivity contribution is 0.148. The van der Waals surface area contributed by atoms with E-state index in [4.69, 9.17) is 4.98 Å². The fraction of sp³-hybridized carbons (Fsp3) is 0.343. The van der Waals surface area contributed by atoms with E-state index in [1.807, 2.05) is 48.3 Å². The van der Waals surface area contributed by atoms with E-state index in [9.17, 15) is 5.11 Å². The van der Waals surface area contributed by atoms with Crippen molar-refractivity contribution in [2.75, 3.05) is 56.1 Å². The van der Waals surface area contributed by atoms with Gasteiger partial charge >= 0.3 is 0 Å². The number of anilines is 2. The van der Waals surface area contributed by atoms with E-state index in [0.717, 1.165) is 73.2 Å². The molecule has 0 aliphatic carbocycles. The Morgan fingerprint density at radius 3 is 2.39 bits per heavy atom. The Morgan fingerprint density at radius 1 is 0.864 bits per heavy atom. The summed E-state index contributed by atoms with van der Waals surface area (Å²) in [4.78, 5) is 21.4. The summed E-state index contributed by atoms with van der Waals surface area (Å²) >= 11 is 0. The van der Waals surface area contributed by atoms with Crippen molar-refractivity contribution in [3.8, 4) is 17.1 Å². The van der Waals surface area contributed by atoms with Crippen molar-refractivity contribution in [2.24, 2.45) is 0 Å². The van der Waals surface area contributed by atoms with Gasteiger partial charge in [0.1, 0.15) is 12.2 Å². The molecule has 2 aromatic heterocycles. The highest BCUT2D eigenvalue weighted by Gasteiger charge is 2.22. The molecule has 1 fully saturated rings. The number of rotatable bonds is 9. The highest BCUT2D eigenvalue weighted by Crippen LogP contribution is 2.31. The molecule has 3 heterocycles. The third-order valence-electron chi connectivity index (χ3n) is 8.60. The number of aliphatic hydroxyl groups excluding tert-OH is 1. The number of fused-ring (bicyclic) bond motifs is 1. The van der Waals surface area contributed by atoms with E-state index < -0.39 is 6.10 Å². The van der Waals surface area contributed by atoms with Gasteiger partial charge in [0.15, 0.2) is 17.0 Å². The molecular weight excluding hydrogens is 570 g/mol. The van der Waals surface area contributed by atoms with Gasteiger partial charge in [-0.05, 0) is 62.6 Å². The first-order valence-corrected chi connectivity index (χ1v) is 15.3. The van der Waals surface area contributed by atoms with Crippen LogP contribution in [0.1, 0.15) is 24.0 Å². The Bertz CT molecular complexity index is 1660. The van der Waals surface area contributed by atoms with Crippen LogP contribution in [0.25, 0.3) is 28.2 Å².